The predicted octanol–water partition coefficient (Wildman–Crippen LogP) is 4.08. The first-order chi connectivity index (χ1) is 13.1. The molecule has 27 heavy (non-hydrogen) atoms. The molecule has 136 valence electrons. The van der Waals surface area contributed by atoms with E-state index in [1.807, 2.05) is 0 Å². The van der Waals surface area contributed by atoms with E-state index in [0.29, 0.717) is 22.9 Å². The largest absolute Gasteiger partial charge is 0.454 e. The second-order valence-electron chi connectivity index (χ2n) is 5.73. The number of anilines is 3. The van der Waals surface area contributed by atoms with Crippen LogP contribution in [0.15, 0.2) is 54.9 Å². The Morgan fingerprint density at radius 1 is 0.963 bits per heavy atom. The van der Waals surface area contributed by atoms with Crippen molar-refractivity contribution in [3.05, 3.63) is 72.1 Å². The van der Waals surface area contributed by atoms with E-state index in [-0.39, 0.29) is 18.0 Å². The summed E-state index contributed by atoms with van der Waals surface area (Å²) in [6.07, 6.45) is 2.81. The molecule has 0 bridgehead atoms. The molecule has 0 unspecified atom stereocenters. The molecule has 3 aromatic rings. The molecule has 1 amide bonds. The third-order valence-corrected chi connectivity index (χ3v) is 3.84. The number of ether oxygens (including phenoxy) is 2. The van der Waals surface area contributed by atoms with Gasteiger partial charge >= 0.3 is 0 Å². The van der Waals surface area contributed by atoms with Crippen LogP contribution in [0.3, 0.4) is 0 Å². The number of nitrogens with zero attached hydrogens (tertiary/aromatic N) is 1. The van der Waals surface area contributed by atoms with E-state index >= 15 is 0 Å². The Morgan fingerprint density at radius 3 is 2.67 bits per heavy atom. The molecule has 4 rings (SSSR count). The number of nitrogens with one attached hydrogen (secondary N) is 2. The summed E-state index contributed by atoms with van der Waals surface area (Å²) in [6, 6.07) is 9.73. The van der Waals surface area contributed by atoms with E-state index < -0.39 is 17.5 Å². The molecule has 0 radical (unpaired) electrons. The van der Waals surface area contributed by atoms with Crippen molar-refractivity contribution in [3.8, 4) is 11.5 Å². The van der Waals surface area contributed by atoms with Gasteiger partial charge in [0, 0.05) is 24.0 Å². The monoisotopic (exact) mass is 369 g/mol. The molecule has 0 spiro atoms. The van der Waals surface area contributed by atoms with Crippen LogP contribution in [0, 0.1) is 11.6 Å². The van der Waals surface area contributed by atoms with Crippen LogP contribution in [0.1, 0.15) is 10.4 Å². The van der Waals surface area contributed by atoms with Crippen molar-refractivity contribution < 1.29 is 23.0 Å². The fraction of sp³-hybridized carbons (Fsp3) is 0.0526. The van der Waals surface area contributed by atoms with Crippen molar-refractivity contribution in [1.29, 1.82) is 0 Å². The zero-order valence-corrected chi connectivity index (χ0v) is 13.8. The maximum atomic E-state index is 13.8. The number of fused-ring (bicyclic) bond motifs is 1. The molecule has 2 aromatic carbocycles. The minimum atomic E-state index is -0.745. The summed E-state index contributed by atoms with van der Waals surface area (Å²) in [5.74, 6) is -0.654. The molecule has 6 nitrogen and oxygen atoms in total. The smallest absolute Gasteiger partial charge is 0.257 e. The minimum absolute atomic E-state index is 0.0755. The van der Waals surface area contributed by atoms with Crippen molar-refractivity contribution in [2.45, 2.75) is 0 Å². The van der Waals surface area contributed by atoms with Gasteiger partial charge in [0.25, 0.3) is 5.91 Å². The number of aromatic nitrogens is 1. The Bertz CT molecular complexity index is 1030. The normalized spacial score (nSPS) is 11.9. The third-order valence-electron chi connectivity index (χ3n) is 3.84. The molecule has 1 aromatic heterocycles. The highest BCUT2D eigenvalue weighted by Gasteiger charge is 2.15. The molecule has 0 saturated heterocycles. The highest BCUT2D eigenvalue weighted by Crippen LogP contribution is 2.34. The summed E-state index contributed by atoms with van der Waals surface area (Å²) in [5, 5.41) is 5.50. The number of carbonyl (C=O) groups is 1. The van der Waals surface area contributed by atoms with E-state index in [0.717, 1.165) is 12.1 Å². The lowest BCUT2D eigenvalue weighted by molar-refractivity contribution is 0.102. The van der Waals surface area contributed by atoms with Crippen molar-refractivity contribution in [3.63, 3.8) is 0 Å². The zero-order valence-electron chi connectivity index (χ0n) is 13.8. The fourth-order valence-electron chi connectivity index (χ4n) is 2.56. The van der Waals surface area contributed by atoms with Crippen molar-refractivity contribution in [1.82, 2.24) is 4.98 Å². The number of hydrogen-bond donors (Lipinski definition) is 2. The van der Waals surface area contributed by atoms with Crippen molar-refractivity contribution in [2.24, 2.45) is 0 Å². The number of amides is 1. The van der Waals surface area contributed by atoms with Gasteiger partial charge in [-0.1, -0.05) is 0 Å². The molecule has 0 aliphatic carbocycles. The van der Waals surface area contributed by atoms with E-state index in [1.165, 1.54) is 24.5 Å². The number of hydrogen-bond acceptors (Lipinski definition) is 5. The van der Waals surface area contributed by atoms with Gasteiger partial charge in [-0.15, -0.1) is 0 Å². The fourth-order valence-corrected chi connectivity index (χ4v) is 2.56. The van der Waals surface area contributed by atoms with Gasteiger partial charge in [0.05, 0.1) is 23.1 Å². The molecule has 0 atom stereocenters. The van der Waals surface area contributed by atoms with Gasteiger partial charge in [-0.25, -0.2) is 8.78 Å². The SMILES string of the molecule is O=C(Nc1ccc2c(c1)OCO2)c1cncc(Nc2ccc(F)cc2F)c1. The lowest BCUT2D eigenvalue weighted by atomic mass is 10.2. The van der Waals surface area contributed by atoms with Crippen LogP contribution in [-0.2, 0) is 0 Å². The number of carbonyl (C=O) groups excluding carboxylic acids is 1. The van der Waals surface area contributed by atoms with Gasteiger partial charge < -0.3 is 20.1 Å². The third kappa shape index (κ3) is 3.64. The maximum Gasteiger partial charge on any atom is 0.257 e. The van der Waals surface area contributed by atoms with Crippen LogP contribution < -0.4 is 20.1 Å². The lowest BCUT2D eigenvalue weighted by Gasteiger charge is -2.10. The Hall–Kier alpha value is -3.68. The van der Waals surface area contributed by atoms with E-state index in [9.17, 15) is 13.6 Å². The Kier molecular flexibility index (Phi) is 4.29. The van der Waals surface area contributed by atoms with Crippen molar-refractivity contribution >= 4 is 23.0 Å². The summed E-state index contributed by atoms with van der Waals surface area (Å²) in [7, 11) is 0. The molecule has 2 heterocycles. The Labute approximate surface area is 152 Å². The topological polar surface area (TPSA) is 72.5 Å². The van der Waals surface area contributed by atoms with E-state index in [1.54, 1.807) is 18.2 Å². The van der Waals surface area contributed by atoms with Gasteiger partial charge in [0.15, 0.2) is 11.5 Å². The molecule has 1 aliphatic rings. The number of halogens is 2. The predicted molar refractivity (Wildman–Crippen MR) is 94.4 cm³/mol. The Balaban J connectivity index is 1.50. The molecule has 8 heteroatoms. The van der Waals surface area contributed by atoms with Crippen LogP contribution >= 0.6 is 0 Å². The first kappa shape index (κ1) is 16.8. The standard InChI is InChI=1S/C19H13F2N3O3/c20-12-1-3-16(15(21)6-12)23-14-5-11(8-22-9-14)19(25)24-13-2-4-17-18(7-13)27-10-26-17/h1-9,23H,10H2,(H,24,25). The minimum Gasteiger partial charge on any atom is -0.454 e. The molecule has 0 saturated carbocycles. The molecule has 0 fully saturated rings. The number of rotatable bonds is 4. The first-order valence-electron chi connectivity index (χ1n) is 7.96. The summed E-state index contributed by atoms with van der Waals surface area (Å²) >= 11 is 0. The van der Waals surface area contributed by atoms with Crippen molar-refractivity contribution in [2.75, 3.05) is 17.4 Å². The first-order valence-corrected chi connectivity index (χ1v) is 7.96. The summed E-state index contributed by atoms with van der Waals surface area (Å²) in [4.78, 5) is 16.4. The molecule has 2 N–H and O–H groups in total. The highest BCUT2D eigenvalue weighted by atomic mass is 19.1. The molecule has 1 aliphatic heterocycles. The van der Waals surface area contributed by atoms with Crippen LogP contribution in [-0.4, -0.2) is 17.7 Å². The van der Waals surface area contributed by atoms with Crippen LogP contribution in [0.25, 0.3) is 0 Å². The van der Waals surface area contributed by atoms with Gasteiger partial charge in [-0.3, -0.25) is 9.78 Å². The Morgan fingerprint density at radius 2 is 1.81 bits per heavy atom. The zero-order chi connectivity index (χ0) is 18.8. The quantitative estimate of drug-likeness (QED) is 0.725. The molecular formula is C19H13F2N3O3. The van der Waals surface area contributed by atoms with E-state index in [2.05, 4.69) is 15.6 Å². The van der Waals surface area contributed by atoms with Gasteiger partial charge in [0.2, 0.25) is 6.79 Å². The maximum absolute atomic E-state index is 13.8. The average Bonchev–Trinajstić information content (AvgIpc) is 3.12. The number of pyridine rings is 1. The molecular weight excluding hydrogens is 356 g/mol. The average molecular weight is 369 g/mol. The van der Waals surface area contributed by atoms with Gasteiger partial charge in [-0.2, -0.15) is 0 Å². The van der Waals surface area contributed by atoms with Crippen LogP contribution in [0.2, 0.25) is 0 Å². The summed E-state index contributed by atoms with van der Waals surface area (Å²) in [6.45, 7) is 0.143. The summed E-state index contributed by atoms with van der Waals surface area (Å²) < 4.78 is 37.3. The highest BCUT2D eigenvalue weighted by molar-refractivity contribution is 6.04. The van der Waals surface area contributed by atoms with Crippen LogP contribution in [0.5, 0.6) is 11.5 Å². The van der Waals surface area contributed by atoms with Gasteiger partial charge in [-0.05, 0) is 30.3 Å². The van der Waals surface area contributed by atoms with Crippen LogP contribution in [0.4, 0.5) is 25.8 Å². The second kappa shape index (κ2) is 6.91. The van der Waals surface area contributed by atoms with Gasteiger partial charge in [0.1, 0.15) is 11.6 Å². The summed E-state index contributed by atoms with van der Waals surface area (Å²) in [5.41, 5.74) is 1.26. The second-order valence-corrected chi connectivity index (χ2v) is 5.73. The number of benzene rings is 2. The lowest BCUT2D eigenvalue weighted by Crippen LogP contribution is -2.12. The van der Waals surface area contributed by atoms with E-state index in [4.69, 9.17) is 9.47 Å².